The first-order valence-electron chi connectivity index (χ1n) is 9.07. The van der Waals surface area contributed by atoms with Crippen LogP contribution in [0.25, 0.3) is 21.8 Å². The molecule has 26 heavy (non-hydrogen) atoms. The first-order chi connectivity index (χ1) is 12.7. The topological polar surface area (TPSA) is 9.86 Å². The Morgan fingerprint density at radius 3 is 1.54 bits per heavy atom. The van der Waals surface area contributed by atoms with Crippen LogP contribution in [0.15, 0.2) is 60.9 Å². The Morgan fingerprint density at radius 1 is 0.654 bits per heavy atom. The Balaban J connectivity index is 1.28. The van der Waals surface area contributed by atoms with Gasteiger partial charge in [0.25, 0.3) is 0 Å². The zero-order chi connectivity index (χ0) is 17.9. The summed E-state index contributed by atoms with van der Waals surface area (Å²) in [6.07, 6.45) is 4.56. The predicted molar refractivity (Wildman–Crippen MR) is 118 cm³/mol. The van der Waals surface area contributed by atoms with Crippen molar-refractivity contribution < 1.29 is 0 Å². The predicted octanol–water partition coefficient (Wildman–Crippen LogP) is 6.29. The van der Waals surface area contributed by atoms with Gasteiger partial charge in [-0.3, -0.25) is 0 Å². The second-order valence-electron chi connectivity index (χ2n) is 6.69. The quantitative estimate of drug-likeness (QED) is 0.275. The Bertz CT molecular complexity index is 945. The Morgan fingerprint density at radius 2 is 1.08 bits per heavy atom. The van der Waals surface area contributed by atoms with E-state index >= 15 is 0 Å². The molecule has 0 N–H and O–H groups in total. The van der Waals surface area contributed by atoms with Crippen LogP contribution in [-0.2, 0) is 13.1 Å². The molecule has 0 atom stereocenters. The molecule has 0 fully saturated rings. The molecule has 0 aliphatic heterocycles. The molecular formula is C22H24N2S2. The van der Waals surface area contributed by atoms with Crippen LogP contribution in [0.5, 0.6) is 0 Å². The van der Waals surface area contributed by atoms with Crippen molar-refractivity contribution in [1.29, 1.82) is 0 Å². The molecule has 0 saturated carbocycles. The van der Waals surface area contributed by atoms with Gasteiger partial charge >= 0.3 is 0 Å². The molecule has 2 aromatic heterocycles. The maximum absolute atomic E-state index is 2.39. The molecule has 2 aromatic carbocycles. The largest absolute Gasteiger partial charge is 0.346 e. The van der Waals surface area contributed by atoms with E-state index in [0.29, 0.717) is 0 Å². The van der Waals surface area contributed by atoms with E-state index in [1.54, 1.807) is 0 Å². The first-order valence-corrected chi connectivity index (χ1v) is 11.6. The smallest absolute Gasteiger partial charge is 0.0483 e. The number of rotatable bonds is 7. The summed E-state index contributed by atoms with van der Waals surface area (Å²) in [5.41, 5.74) is 5.44. The summed E-state index contributed by atoms with van der Waals surface area (Å²) in [4.78, 5) is 0. The zero-order valence-corrected chi connectivity index (χ0v) is 16.9. The van der Waals surface area contributed by atoms with Crippen LogP contribution in [0.4, 0.5) is 0 Å². The van der Waals surface area contributed by atoms with Crippen LogP contribution >= 0.6 is 21.6 Å². The van der Waals surface area contributed by atoms with Crippen LogP contribution in [0.3, 0.4) is 0 Å². The van der Waals surface area contributed by atoms with Crippen molar-refractivity contribution >= 4 is 43.4 Å². The van der Waals surface area contributed by atoms with Crippen molar-refractivity contribution in [3.8, 4) is 0 Å². The number of para-hydroxylation sites is 2. The van der Waals surface area contributed by atoms with E-state index in [9.17, 15) is 0 Å². The van der Waals surface area contributed by atoms with Gasteiger partial charge in [0.05, 0.1) is 0 Å². The van der Waals surface area contributed by atoms with Gasteiger partial charge in [-0.1, -0.05) is 58.0 Å². The normalized spacial score (nSPS) is 11.6. The van der Waals surface area contributed by atoms with E-state index in [4.69, 9.17) is 0 Å². The summed E-state index contributed by atoms with van der Waals surface area (Å²) in [5, 5.41) is 2.75. The van der Waals surface area contributed by atoms with Gasteiger partial charge in [0.2, 0.25) is 0 Å². The monoisotopic (exact) mass is 380 g/mol. The lowest BCUT2D eigenvalue weighted by atomic mass is 10.2. The summed E-state index contributed by atoms with van der Waals surface area (Å²) in [5.74, 6) is 2.27. The van der Waals surface area contributed by atoms with Crippen LogP contribution < -0.4 is 0 Å². The van der Waals surface area contributed by atoms with Gasteiger partial charge in [-0.05, 0) is 37.1 Å². The second-order valence-corrected chi connectivity index (χ2v) is 9.39. The summed E-state index contributed by atoms with van der Waals surface area (Å²) >= 11 is 0. The molecule has 4 heteroatoms. The summed E-state index contributed by atoms with van der Waals surface area (Å²) < 4.78 is 4.78. The third kappa shape index (κ3) is 3.53. The van der Waals surface area contributed by atoms with Gasteiger partial charge in [-0.2, -0.15) is 0 Å². The number of benzene rings is 2. The highest BCUT2D eigenvalue weighted by atomic mass is 33.1. The van der Waals surface area contributed by atoms with Gasteiger partial charge in [-0.25, -0.2) is 0 Å². The van der Waals surface area contributed by atoms with Gasteiger partial charge in [0, 0.05) is 58.8 Å². The minimum absolute atomic E-state index is 1.07. The maximum Gasteiger partial charge on any atom is 0.0483 e. The van der Waals surface area contributed by atoms with E-state index in [0.717, 1.165) is 24.6 Å². The third-order valence-corrected chi connectivity index (χ3v) is 7.26. The Hall–Kier alpha value is -1.78. The van der Waals surface area contributed by atoms with Crippen LogP contribution in [-0.4, -0.2) is 20.6 Å². The van der Waals surface area contributed by atoms with E-state index < -0.39 is 0 Å². The molecule has 0 bridgehead atoms. The SMILES string of the molecule is Cc1cn(CCSSCCn2cc(C)c3ccccc32)c2ccccc12. The molecule has 4 rings (SSSR count). The van der Waals surface area contributed by atoms with Gasteiger partial charge in [0.1, 0.15) is 0 Å². The molecular weight excluding hydrogens is 356 g/mol. The fraction of sp³-hybridized carbons (Fsp3) is 0.273. The molecule has 0 spiro atoms. The van der Waals surface area contributed by atoms with Crippen molar-refractivity contribution in [2.45, 2.75) is 26.9 Å². The average Bonchev–Trinajstić information content (AvgIpc) is 3.16. The van der Waals surface area contributed by atoms with E-state index in [2.05, 4.69) is 83.9 Å². The maximum atomic E-state index is 2.39. The zero-order valence-electron chi connectivity index (χ0n) is 15.3. The number of hydrogen-bond donors (Lipinski definition) is 0. The minimum atomic E-state index is 1.07. The fourth-order valence-electron chi connectivity index (χ4n) is 3.62. The average molecular weight is 381 g/mol. The summed E-state index contributed by atoms with van der Waals surface area (Å²) in [7, 11) is 3.96. The van der Waals surface area contributed by atoms with Crippen LogP contribution in [0.2, 0.25) is 0 Å². The highest BCUT2D eigenvalue weighted by Gasteiger charge is 2.06. The standard InChI is InChI=1S/C22H24N2S2/c1-17-15-23(21-9-5-3-7-19(17)21)11-13-25-26-14-12-24-16-18(2)20-8-4-6-10-22(20)24/h3-10,15-16H,11-14H2,1-2H3. The van der Waals surface area contributed by atoms with Crippen molar-refractivity contribution in [3.63, 3.8) is 0 Å². The second kappa shape index (κ2) is 7.85. The van der Waals surface area contributed by atoms with Crippen LogP contribution in [0.1, 0.15) is 11.1 Å². The molecule has 0 radical (unpaired) electrons. The molecule has 2 nitrogen and oxygen atoms in total. The number of nitrogens with zero attached hydrogens (tertiary/aromatic N) is 2. The van der Waals surface area contributed by atoms with Gasteiger partial charge < -0.3 is 9.13 Å². The fourth-order valence-corrected chi connectivity index (χ4v) is 5.55. The molecule has 0 amide bonds. The summed E-state index contributed by atoms with van der Waals surface area (Å²) in [6.45, 7) is 6.53. The molecule has 4 aromatic rings. The lowest BCUT2D eigenvalue weighted by Gasteiger charge is -2.07. The number of fused-ring (bicyclic) bond motifs is 2. The molecule has 0 aliphatic rings. The first kappa shape index (κ1) is 17.6. The molecule has 134 valence electrons. The van der Waals surface area contributed by atoms with Gasteiger partial charge in [0.15, 0.2) is 0 Å². The summed E-state index contributed by atoms with van der Waals surface area (Å²) in [6, 6.07) is 17.4. The third-order valence-electron chi connectivity index (χ3n) is 4.89. The minimum Gasteiger partial charge on any atom is -0.346 e. The highest BCUT2D eigenvalue weighted by Crippen LogP contribution is 2.26. The Kier molecular flexibility index (Phi) is 5.32. The molecule has 2 heterocycles. The lowest BCUT2D eigenvalue weighted by Crippen LogP contribution is -1.99. The highest BCUT2D eigenvalue weighted by molar-refractivity contribution is 8.76. The lowest BCUT2D eigenvalue weighted by molar-refractivity contribution is 0.804. The molecule has 0 aliphatic carbocycles. The van der Waals surface area contributed by atoms with E-state index in [1.807, 2.05) is 21.6 Å². The number of aromatic nitrogens is 2. The van der Waals surface area contributed by atoms with Crippen molar-refractivity contribution in [1.82, 2.24) is 9.13 Å². The molecule has 0 saturated heterocycles. The van der Waals surface area contributed by atoms with Crippen molar-refractivity contribution in [2.24, 2.45) is 0 Å². The Labute approximate surface area is 163 Å². The number of aryl methyl sites for hydroxylation is 4. The van der Waals surface area contributed by atoms with E-state index in [1.165, 1.54) is 32.9 Å². The van der Waals surface area contributed by atoms with Crippen molar-refractivity contribution in [3.05, 3.63) is 72.1 Å². The van der Waals surface area contributed by atoms with E-state index in [-0.39, 0.29) is 0 Å². The van der Waals surface area contributed by atoms with Gasteiger partial charge in [-0.15, -0.1) is 0 Å². The van der Waals surface area contributed by atoms with Crippen LogP contribution in [0, 0.1) is 13.8 Å². The molecule has 0 unspecified atom stereocenters. The van der Waals surface area contributed by atoms with Crippen molar-refractivity contribution in [2.75, 3.05) is 11.5 Å². The number of hydrogen-bond acceptors (Lipinski definition) is 2.